The number of amides is 3. The van der Waals surface area contributed by atoms with E-state index >= 15 is 0 Å². The van der Waals surface area contributed by atoms with Crippen molar-refractivity contribution in [3.05, 3.63) is 33.8 Å². The van der Waals surface area contributed by atoms with E-state index in [0.29, 0.717) is 49.9 Å². The van der Waals surface area contributed by atoms with Gasteiger partial charge in [0.1, 0.15) is 0 Å². The molecule has 2 heterocycles. The van der Waals surface area contributed by atoms with Gasteiger partial charge in [0.15, 0.2) is 0 Å². The number of carbonyl (C=O) groups excluding carboxylic acids is 3. The first kappa shape index (κ1) is 22.9. The second kappa shape index (κ2) is 9.15. The molecule has 1 unspecified atom stereocenters. The predicted molar refractivity (Wildman–Crippen MR) is 118 cm³/mol. The van der Waals surface area contributed by atoms with E-state index in [4.69, 9.17) is 23.2 Å². The molecule has 8 heteroatoms. The van der Waals surface area contributed by atoms with Crippen LogP contribution >= 0.6 is 23.2 Å². The molecule has 1 aromatic carbocycles. The lowest BCUT2D eigenvalue weighted by Gasteiger charge is -2.40. The Labute approximate surface area is 188 Å². The van der Waals surface area contributed by atoms with Gasteiger partial charge in [-0.2, -0.15) is 0 Å². The Hall–Kier alpha value is -1.79. The number of piperidine rings is 1. The molecule has 30 heavy (non-hydrogen) atoms. The molecule has 2 fully saturated rings. The average molecular weight is 454 g/mol. The molecule has 0 aliphatic carbocycles. The maximum absolute atomic E-state index is 13.1. The Bertz CT molecular complexity index is 829. The zero-order valence-corrected chi connectivity index (χ0v) is 19.3. The SMILES string of the molecule is CC(C)(C)C(=O)N1CCCC(C(=O)N2CCN(C(=O)c3cccc(Cl)c3Cl)CC2)C1. The summed E-state index contributed by atoms with van der Waals surface area (Å²) < 4.78 is 0. The highest BCUT2D eigenvalue weighted by molar-refractivity contribution is 6.43. The van der Waals surface area contributed by atoms with E-state index in [-0.39, 0.29) is 28.7 Å². The van der Waals surface area contributed by atoms with Crippen LogP contribution in [0, 0.1) is 11.3 Å². The number of piperazine rings is 1. The third kappa shape index (κ3) is 4.92. The molecule has 1 aromatic rings. The first-order valence-corrected chi connectivity index (χ1v) is 11.2. The van der Waals surface area contributed by atoms with Gasteiger partial charge in [0, 0.05) is 44.7 Å². The van der Waals surface area contributed by atoms with Crippen LogP contribution in [0.5, 0.6) is 0 Å². The number of hydrogen-bond acceptors (Lipinski definition) is 3. The van der Waals surface area contributed by atoms with E-state index < -0.39 is 5.41 Å². The van der Waals surface area contributed by atoms with Crippen LogP contribution in [0.1, 0.15) is 44.0 Å². The summed E-state index contributed by atoms with van der Waals surface area (Å²) in [5.41, 5.74) is -0.0639. The molecule has 0 saturated carbocycles. The van der Waals surface area contributed by atoms with Gasteiger partial charge >= 0.3 is 0 Å². The first-order chi connectivity index (χ1) is 14.1. The van der Waals surface area contributed by atoms with Gasteiger partial charge in [-0.1, -0.05) is 50.0 Å². The minimum absolute atomic E-state index is 0.0781. The van der Waals surface area contributed by atoms with E-state index in [1.165, 1.54) is 0 Å². The van der Waals surface area contributed by atoms with Crippen molar-refractivity contribution in [1.82, 2.24) is 14.7 Å². The predicted octanol–water partition coefficient (Wildman–Crippen LogP) is 3.56. The van der Waals surface area contributed by atoms with Crippen molar-refractivity contribution in [2.45, 2.75) is 33.6 Å². The van der Waals surface area contributed by atoms with Crippen LogP contribution in [-0.2, 0) is 9.59 Å². The molecular formula is C22H29Cl2N3O3. The maximum atomic E-state index is 13.1. The van der Waals surface area contributed by atoms with Gasteiger partial charge in [-0.3, -0.25) is 14.4 Å². The topological polar surface area (TPSA) is 60.9 Å². The Balaban J connectivity index is 1.58. The number of benzene rings is 1. The van der Waals surface area contributed by atoms with Crippen LogP contribution in [0.2, 0.25) is 10.0 Å². The fraction of sp³-hybridized carbons (Fsp3) is 0.591. The normalized spacial score (nSPS) is 20.3. The van der Waals surface area contributed by atoms with Crippen LogP contribution in [0.15, 0.2) is 18.2 Å². The van der Waals surface area contributed by atoms with Gasteiger partial charge in [0.2, 0.25) is 11.8 Å². The molecule has 2 saturated heterocycles. The van der Waals surface area contributed by atoms with E-state index in [1.807, 2.05) is 30.6 Å². The van der Waals surface area contributed by atoms with Crippen molar-refractivity contribution in [2.24, 2.45) is 11.3 Å². The summed E-state index contributed by atoms with van der Waals surface area (Å²) >= 11 is 12.2. The van der Waals surface area contributed by atoms with Gasteiger partial charge in [0.25, 0.3) is 5.91 Å². The third-order valence-electron chi connectivity index (χ3n) is 5.76. The monoisotopic (exact) mass is 453 g/mol. The fourth-order valence-corrected chi connectivity index (χ4v) is 4.45. The summed E-state index contributed by atoms with van der Waals surface area (Å²) in [5.74, 6) is -0.174. The van der Waals surface area contributed by atoms with Crippen LogP contribution < -0.4 is 0 Å². The second-order valence-corrected chi connectivity index (χ2v) is 9.84. The lowest BCUT2D eigenvalue weighted by atomic mass is 9.90. The van der Waals surface area contributed by atoms with Crippen molar-refractivity contribution in [3.8, 4) is 0 Å². The fourth-order valence-electron chi connectivity index (χ4n) is 4.06. The third-order valence-corrected chi connectivity index (χ3v) is 6.58. The molecule has 0 aromatic heterocycles. The van der Waals surface area contributed by atoms with Crippen LogP contribution in [0.4, 0.5) is 0 Å². The zero-order chi connectivity index (χ0) is 22.1. The number of halogens is 2. The quantitative estimate of drug-likeness (QED) is 0.687. The number of hydrogen-bond donors (Lipinski definition) is 0. The Morgan fingerprint density at radius 3 is 2.20 bits per heavy atom. The zero-order valence-electron chi connectivity index (χ0n) is 17.8. The summed E-state index contributed by atoms with van der Waals surface area (Å²) in [6.07, 6.45) is 1.63. The lowest BCUT2D eigenvalue weighted by Crippen LogP contribution is -2.54. The summed E-state index contributed by atoms with van der Waals surface area (Å²) in [6, 6.07) is 5.01. The lowest BCUT2D eigenvalue weighted by molar-refractivity contribution is -0.146. The Morgan fingerprint density at radius 1 is 0.933 bits per heavy atom. The molecule has 2 aliphatic rings. The van der Waals surface area contributed by atoms with Crippen molar-refractivity contribution >= 4 is 40.9 Å². The van der Waals surface area contributed by atoms with Crippen molar-refractivity contribution < 1.29 is 14.4 Å². The molecule has 6 nitrogen and oxygen atoms in total. The van der Waals surface area contributed by atoms with Gasteiger partial charge < -0.3 is 14.7 Å². The number of nitrogens with zero attached hydrogens (tertiary/aromatic N) is 3. The second-order valence-electron chi connectivity index (χ2n) is 9.06. The molecule has 0 N–H and O–H groups in total. The van der Waals surface area contributed by atoms with Gasteiger partial charge in [-0.05, 0) is 25.0 Å². The highest BCUT2D eigenvalue weighted by Crippen LogP contribution is 2.28. The molecule has 0 spiro atoms. The van der Waals surface area contributed by atoms with Crippen LogP contribution in [-0.4, -0.2) is 71.7 Å². The molecule has 1 atom stereocenters. The van der Waals surface area contributed by atoms with E-state index in [2.05, 4.69) is 0 Å². The minimum atomic E-state index is -0.446. The largest absolute Gasteiger partial charge is 0.341 e. The summed E-state index contributed by atoms with van der Waals surface area (Å²) in [4.78, 5) is 43.8. The maximum Gasteiger partial charge on any atom is 0.255 e. The standard InChI is InChI=1S/C22H29Cl2N3O3/c1-22(2,3)21(30)27-9-5-6-15(14-27)19(28)25-10-12-26(13-11-25)20(29)16-7-4-8-17(23)18(16)24/h4,7-8,15H,5-6,9-14H2,1-3H3. The Kier molecular flexibility index (Phi) is 6.98. The number of likely N-dealkylation sites (tertiary alicyclic amines) is 1. The molecular weight excluding hydrogens is 425 g/mol. The van der Waals surface area contributed by atoms with Crippen molar-refractivity contribution in [2.75, 3.05) is 39.3 Å². The number of rotatable bonds is 2. The highest BCUT2D eigenvalue weighted by Gasteiger charge is 2.36. The molecule has 0 bridgehead atoms. The van der Waals surface area contributed by atoms with Gasteiger partial charge in [-0.15, -0.1) is 0 Å². The first-order valence-electron chi connectivity index (χ1n) is 10.4. The molecule has 0 radical (unpaired) electrons. The smallest absolute Gasteiger partial charge is 0.255 e. The average Bonchev–Trinajstić information content (AvgIpc) is 2.73. The van der Waals surface area contributed by atoms with Gasteiger partial charge in [-0.25, -0.2) is 0 Å². The van der Waals surface area contributed by atoms with E-state index in [9.17, 15) is 14.4 Å². The van der Waals surface area contributed by atoms with E-state index in [1.54, 1.807) is 23.1 Å². The van der Waals surface area contributed by atoms with Crippen LogP contribution in [0.3, 0.4) is 0 Å². The van der Waals surface area contributed by atoms with Gasteiger partial charge in [0.05, 0.1) is 21.5 Å². The summed E-state index contributed by atoms with van der Waals surface area (Å²) in [5, 5.41) is 0.608. The highest BCUT2D eigenvalue weighted by atomic mass is 35.5. The van der Waals surface area contributed by atoms with Crippen LogP contribution in [0.25, 0.3) is 0 Å². The number of carbonyl (C=O) groups is 3. The van der Waals surface area contributed by atoms with Crippen molar-refractivity contribution in [3.63, 3.8) is 0 Å². The van der Waals surface area contributed by atoms with Crippen molar-refractivity contribution in [1.29, 1.82) is 0 Å². The summed E-state index contributed by atoms with van der Waals surface area (Å²) in [7, 11) is 0. The molecule has 3 amide bonds. The van der Waals surface area contributed by atoms with E-state index in [0.717, 1.165) is 12.8 Å². The summed E-state index contributed by atoms with van der Waals surface area (Å²) in [6.45, 7) is 8.76. The molecule has 3 rings (SSSR count). The minimum Gasteiger partial charge on any atom is -0.341 e. The molecule has 164 valence electrons. The molecule has 2 aliphatic heterocycles. The Morgan fingerprint density at radius 2 is 1.57 bits per heavy atom.